The van der Waals surface area contributed by atoms with Gasteiger partial charge in [-0.3, -0.25) is 0 Å². The van der Waals surface area contributed by atoms with E-state index in [1.54, 1.807) is 0 Å². The quantitative estimate of drug-likeness (QED) is 0.869. The number of benzene rings is 1. The first kappa shape index (κ1) is 15.9. The van der Waals surface area contributed by atoms with E-state index in [9.17, 15) is 0 Å². The zero-order valence-electron chi connectivity index (χ0n) is 12.9. The molecular formula is C17H27NOS. The number of ether oxygens (including phenoxy) is 1. The van der Waals surface area contributed by atoms with Crippen LogP contribution in [0.5, 0.6) is 0 Å². The number of hydrogen-bond acceptors (Lipinski definition) is 3. The molecular weight excluding hydrogens is 266 g/mol. The van der Waals surface area contributed by atoms with Gasteiger partial charge in [0.05, 0.1) is 12.7 Å². The van der Waals surface area contributed by atoms with Gasteiger partial charge in [-0.25, -0.2) is 0 Å². The minimum Gasteiger partial charge on any atom is -0.375 e. The third-order valence-corrected chi connectivity index (χ3v) is 4.99. The summed E-state index contributed by atoms with van der Waals surface area (Å²) in [6.45, 7) is 8.55. The molecule has 1 aliphatic heterocycles. The number of hydrogen-bond donors (Lipinski definition) is 1. The maximum atomic E-state index is 5.98. The molecule has 0 saturated carbocycles. The van der Waals surface area contributed by atoms with Gasteiger partial charge in [0.15, 0.2) is 0 Å². The van der Waals surface area contributed by atoms with Gasteiger partial charge >= 0.3 is 0 Å². The van der Waals surface area contributed by atoms with E-state index in [2.05, 4.69) is 44.3 Å². The molecule has 0 radical (unpaired) electrons. The van der Waals surface area contributed by atoms with Gasteiger partial charge in [-0.2, -0.15) is 11.8 Å². The van der Waals surface area contributed by atoms with Gasteiger partial charge in [0.2, 0.25) is 0 Å². The third kappa shape index (κ3) is 4.51. The summed E-state index contributed by atoms with van der Waals surface area (Å²) in [7, 11) is 0. The summed E-state index contributed by atoms with van der Waals surface area (Å²) >= 11 is 2.02. The Kier molecular flexibility index (Phi) is 6.40. The van der Waals surface area contributed by atoms with Crippen LogP contribution in [-0.2, 0) is 11.2 Å². The Labute approximate surface area is 127 Å². The van der Waals surface area contributed by atoms with Crippen molar-refractivity contribution in [2.24, 2.45) is 0 Å². The lowest BCUT2D eigenvalue weighted by atomic mass is 9.98. The van der Waals surface area contributed by atoms with Gasteiger partial charge in [-0.1, -0.05) is 25.1 Å². The summed E-state index contributed by atoms with van der Waals surface area (Å²) in [5.41, 5.74) is 4.17. The van der Waals surface area contributed by atoms with E-state index in [0.717, 1.165) is 31.1 Å². The highest BCUT2D eigenvalue weighted by Crippen LogP contribution is 2.19. The SMILES string of the molecule is CCCNC(Cc1ccc(C)c(C)c1)C1CSCCO1. The highest BCUT2D eigenvalue weighted by molar-refractivity contribution is 7.99. The molecule has 20 heavy (non-hydrogen) atoms. The van der Waals surface area contributed by atoms with Crippen molar-refractivity contribution in [3.63, 3.8) is 0 Å². The van der Waals surface area contributed by atoms with Crippen LogP contribution in [0.2, 0.25) is 0 Å². The van der Waals surface area contributed by atoms with Crippen LogP contribution in [0.3, 0.4) is 0 Å². The lowest BCUT2D eigenvalue weighted by Gasteiger charge is -2.31. The molecule has 2 unspecified atom stereocenters. The van der Waals surface area contributed by atoms with E-state index in [1.807, 2.05) is 11.8 Å². The molecule has 2 nitrogen and oxygen atoms in total. The van der Waals surface area contributed by atoms with Crippen LogP contribution >= 0.6 is 11.8 Å². The minimum atomic E-state index is 0.349. The first-order valence-electron chi connectivity index (χ1n) is 7.69. The Morgan fingerprint density at radius 3 is 2.85 bits per heavy atom. The molecule has 0 amide bonds. The second kappa shape index (κ2) is 8.06. The molecule has 0 spiro atoms. The summed E-state index contributed by atoms with van der Waals surface area (Å²) in [4.78, 5) is 0. The molecule has 2 atom stereocenters. The molecule has 0 aliphatic carbocycles. The van der Waals surface area contributed by atoms with Crippen molar-refractivity contribution in [1.82, 2.24) is 5.32 Å². The van der Waals surface area contributed by atoms with Crippen LogP contribution in [0.15, 0.2) is 18.2 Å². The van der Waals surface area contributed by atoms with Crippen molar-refractivity contribution in [2.75, 3.05) is 24.7 Å². The Morgan fingerprint density at radius 1 is 1.35 bits per heavy atom. The molecule has 3 heteroatoms. The van der Waals surface area contributed by atoms with Crippen molar-refractivity contribution in [3.8, 4) is 0 Å². The highest BCUT2D eigenvalue weighted by Gasteiger charge is 2.24. The number of rotatable bonds is 6. The van der Waals surface area contributed by atoms with E-state index in [4.69, 9.17) is 4.74 Å². The molecule has 1 fully saturated rings. The molecule has 1 N–H and O–H groups in total. The topological polar surface area (TPSA) is 21.3 Å². The monoisotopic (exact) mass is 293 g/mol. The summed E-state index contributed by atoms with van der Waals surface area (Å²) in [5, 5.41) is 3.68. The predicted octanol–water partition coefficient (Wildman–Crippen LogP) is 3.35. The van der Waals surface area contributed by atoms with Crippen molar-refractivity contribution in [3.05, 3.63) is 34.9 Å². The second-order valence-corrected chi connectivity index (χ2v) is 6.82. The largest absolute Gasteiger partial charge is 0.375 e. The standard InChI is InChI=1S/C17H27NOS/c1-4-7-18-16(17-12-20-9-8-19-17)11-15-6-5-13(2)14(3)10-15/h5-6,10,16-18H,4,7-9,11-12H2,1-3H3. The van der Waals surface area contributed by atoms with Crippen LogP contribution in [0.4, 0.5) is 0 Å². The maximum Gasteiger partial charge on any atom is 0.0821 e. The van der Waals surface area contributed by atoms with Crippen LogP contribution in [0.25, 0.3) is 0 Å². The van der Waals surface area contributed by atoms with Crippen molar-refractivity contribution < 1.29 is 4.74 Å². The fraction of sp³-hybridized carbons (Fsp3) is 0.647. The normalized spacial score (nSPS) is 20.9. The fourth-order valence-corrected chi connectivity index (χ4v) is 3.53. The number of aryl methyl sites for hydroxylation is 2. The number of nitrogens with one attached hydrogen (secondary N) is 1. The van der Waals surface area contributed by atoms with Crippen molar-refractivity contribution >= 4 is 11.8 Å². The van der Waals surface area contributed by atoms with Crippen LogP contribution in [0, 0.1) is 13.8 Å². The average molecular weight is 293 g/mol. The van der Waals surface area contributed by atoms with E-state index in [-0.39, 0.29) is 0 Å². The van der Waals surface area contributed by atoms with Gasteiger partial charge in [0, 0.05) is 17.5 Å². The van der Waals surface area contributed by atoms with Crippen LogP contribution in [-0.4, -0.2) is 36.8 Å². The highest BCUT2D eigenvalue weighted by atomic mass is 32.2. The summed E-state index contributed by atoms with van der Waals surface area (Å²) in [6, 6.07) is 7.26. The average Bonchev–Trinajstić information content (AvgIpc) is 2.48. The third-order valence-electron chi connectivity index (χ3n) is 3.97. The lowest BCUT2D eigenvalue weighted by molar-refractivity contribution is 0.0472. The first-order chi connectivity index (χ1) is 9.70. The van der Waals surface area contributed by atoms with E-state index in [1.165, 1.54) is 23.1 Å². The number of thioether (sulfide) groups is 1. The van der Waals surface area contributed by atoms with Gasteiger partial charge in [0.25, 0.3) is 0 Å². The Hall–Kier alpha value is -0.510. The smallest absolute Gasteiger partial charge is 0.0821 e. The Balaban J connectivity index is 2.03. The molecule has 2 rings (SSSR count). The van der Waals surface area contributed by atoms with Crippen molar-refractivity contribution in [2.45, 2.75) is 45.8 Å². The predicted molar refractivity (Wildman–Crippen MR) is 88.8 cm³/mol. The molecule has 1 saturated heterocycles. The molecule has 1 heterocycles. The first-order valence-corrected chi connectivity index (χ1v) is 8.85. The summed E-state index contributed by atoms with van der Waals surface area (Å²) < 4.78 is 5.98. The summed E-state index contributed by atoms with van der Waals surface area (Å²) in [5.74, 6) is 2.26. The molecule has 0 aromatic heterocycles. The maximum absolute atomic E-state index is 5.98. The molecule has 112 valence electrons. The van der Waals surface area contributed by atoms with Crippen molar-refractivity contribution in [1.29, 1.82) is 0 Å². The fourth-order valence-electron chi connectivity index (χ4n) is 2.59. The molecule has 1 aliphatic rings. The zero-order valence-corrected chi connectivity index (χ0v) is 13.8. The molecule has 1 aromatic carbocycles. The second-order valence-electron chi connectivity index (χ2n) is 5.67. The van der Waals surface area contributed by atoms with Crippen LogP contribution in [0.1, 0.15) is 30.0 Å². The van der Waals surface area contributed by atoms with E-state index >= 15 is 0 Å². The van der Waals surface area contributed by atoms with Gasteiger partial charge in [-0.15, -0.1) is 0 Å². The van der Waals surface area contributed by atoms with Gasteiger partial charge < -0.3 is 10.1 Å². The van der Waals surface area contributed by atoms with Gasteiger partial charge in [0.1, 0.15) is 0 Å². The van der Waals surface area contributed by atoms with E-state index < -0.39 is 0 Å². The Morgan fingerprint density at radius 2 is 2.20 bits per heavy atom. The van der Waals surface area contributed by atoms with Crippen LogP contribution < -0.4 is 5.32 Å². The Bertz CT molecular complexity index is 415. The lowest BCUT2D eigenvalue weighted by Crippen LogP contribution is -2.46. The summed E-state index contributed by atoms with van der Waals surface area (Å²) in [6.07, 6.45) is 2.58. The van der Waals surface area contributed by atoms with E-state index in [0.29, 0.717) is 12.1 Å². The molecule has 1 aromatic rings. The zero-order chi connectivity index (χ0) is 14.4. The molecule has 0 bridgehead atoms. The minimum absolute atomic E-state index is 0.349. The van der Waals surface area contributed by atoms with Gasteiger partial charge in [-0.05, 0) is 49.9 Å².